The van der Waals surface area contributed by atoms with Crippen molar-refractivity contribution < 1.29 is 14.1 Å². The fourth-order valence-electron chi connectivity index (χ4n) is 2.95. The first kappa shape index (κ1) is 16.5. The molecule has 0 unspecified atom stereocenters. The van der Waals surface area contributed by atoms with Gasteiger partial charge in [0.15, 0.2) is 0 Å². The van der Waals surface area contributed by atoms with E-state index in [1.807, 2.05) is 64.8 Å². The van der Waals surface area contributed by atoms with Gasteiger partial charge in [0.1, 0.15) is 0 Å². The Balaban J connectivity index is 1.98. The highest BCUT2D eigenvalue weighted by Gasteiger charge is 2.52. The fourth-order valence-corrected chi connectivity index (χ4v) is 2.95. The number of amides is 1. The Labute approximate surface area is 139 Å². The molecular formula is C18H26BNO3. The van der Waals surface area contributed by atoms with Crippen LogP contribution in [0.1, 0.15) is 56.5 Å². The van der Waals surface area contributed by atoms with Gasteiger partial charge in [-0.2, -0.15) is 0 Å². The van der Waals surface area contributed by atoms with E-state index in [0.717, 1.165) is 29.4 Å². The summed E-state index contributed by atoms with van der Waals surface area (Å²) in [6.07, 6.45) is 2.19. The summed E-state index contributed by atoms with van der Waals surface area (Å²) in [6, 6.07) is 6.27. The van der Waals surface area contributed by atoms with Gasteiger partial charge in [-0.05, 0) is 58.5 Å². The largest absolute Gasteiger partial charge is 0.495 e. The van der Waals surface area contributed by atoms with E-state index in [1.165, 1.54) is 0 Å². The summed E-state index contributed by atoms with van der Waals surface area (Å²) in [5.41, 5.74) is 1.70. The molecule has 0 atom stereocenters. The maximum Gasteiger partial charge on any atom is 0.495 e. The molecule has 124 valence electrons. The number of hydrogen-bond donors (Lipinski definition) is 0. The normalized spacial score (nSPS) is 22.3. The summed E-state index contributed by atoms with van der Waals surface area (Å²) in [4.78, 5) is 14.8. The van der Waals surface area contributed by atoms with E-state index in [4.69, 9.17) is 9.31 Å². The first-order valence-electron chi connectivity index (χ1n) is 8.36. The van der Waals surface area contributed by atoms with Gasteiger partial charge in [-0.3, -0.25) is 4.79 Å². The van der Waals surface area contributed by atoms with E-state index in [0.29, 0.717) is 6.04 Å². The summed E-state index contributed by atoms with van der Waals surface area (Å²) < 4.78 is 12.3. The maximum absolute atomic E-state index is 13.0. The summed E-state index contributed by atoms with van der Waals surface area (Å²) in [5.74, 6) is 0.0651. The standard InChI is InChI=1S/C18H26BNO3/c1-12-8-7-9-14(15(12)16(21)20(6)13-10-11-13)19-22-17(2,3)18(4,5)23-19/h7-9,13H,10-11H2,1-6H3. The third kappa shape index (κ3) is 2.81. The molecule has 0 aromatic heterocycles. The van der Waals surface area contributed by atoms with Crippen molar-refractivity contribution in [1.29, 1.82) is 0 Å². The zero-order valence-corrected chi connectivity index (χ0v) is 15.0. The van der Waals surface area contributed by atoms with Crippen molar-refractivity contribution in [3.8, 4) is 0 Å². The molecule has 0 N–H and O–H groups in total. The highest BCUT2D eigenvalue weighted by Crippen LogP contribution is 2.37. The number of rotatable bonds is 3. The first-order valence-corrected chi connectivity index (χ1v) is 8.36. The number of hydrogen-bond acceptors (Lipinski definition) is 3. The summed E-state index contributed by atoms with van der Waals surface area (Å²) in [7, 11) is 1.38. The van der Waals surface area contributed by atoms with Crippen LogP contribution in [0.25, 0.3) is 0 Å². The average Bonchev–Trinajstić information content (AvgIpc) is 3.25. The minimum Gasteiger partial charge on any atom is -0.399 e. The minimum absolute atomic E-state index is 0.0651. The van der Waals surface area contributed by atoms with E-state index in [2.05, 4.69) is 0 Å². The Bertz CT molecular complexity index is 621. The molecule has 2 aliphatic rings. The van der Waals surface area contributed by atoms with Crippen molar-refractivity contribution in [1.82, 2.24) is 4.90 Å². The topological polar surface area (TPSA) is 38.8 Å². The number of aryl methyl sites for hydroxylation is 1. The van der Waals surface area contributed by atoms with Gasteiger partial charge in [0, 0.05) is 18.7 Å². The maximum atomic E-state index is 13.0. The predicted octanol–water partition coefficient (Wildman–Crippen LogP) is 2.53. The molecular weight excluding hydrogens is 289 g/mol. The van der Waals surface area contributed by atoms with Gasteiger partial charge in [-0.1, -0.05) is 18.2 Å². The second kappa shape index (κ2) is 5.35. The van der Waals surface area contributed by atoms with Crippen molar-refractivity contribution in [2.75, 3.05) is 7.05 Å². The molecule has 1 aliphatic carbocycles. The van der Waals surface area contributed by atoms with E-state index in [9.17, 15) is 4.79 Å². The summed E-state index contributed by atoms with van der Waals surface area (Å²) in [5, 5.41) is 0. The van der Waals surface area contributed by atoms with Crippen molar-refractivity contribution in [3.05, 3.63) is 29.3 Å². The molecule has 3 rings (SSSR count). The Morgan fingerprint density at radius 3 is 2.26 bits per heavy atom. The number of carbonyl (C=O) groups excluding carboxylic acids is 1. The van der Waals surface area contributed by atoms with E-state index < -0.39 is 18.3 Å². The number of benzene rings is 1. The van der Waals surface area contributed by atoms with Crippen molar-refractivity contribution >= 4 is 18.5 Å². The molecule has 0 spiro atoms. The smallest absolute Gasteiger partial charge is 0.399 e. The molecule has 1 aromatic carbocycles. The Hall–Kier alpha value is -1.33. The lowest BCUT2D eigenvalue weighted by Gasteiger charge is -2.32. The first-order chi connectivity index (χ1) is 10.6. The van der Waals surface area contributed by atoms with Crippen LogP contribution >= 0.6 is 0 Å². The van der Waals surface area contributed by atoms with E-state index in [1.54, 1.807) is 0 Å². The molecule has 1 saturated heterocycles. The Morgan fingerprint density at radius 1 is 1.17 bits per heavy atom. The molecule has 4 nitrogen and oxygen atoms in total. The van der Waals surface area contributed by atoms with Crippen LogP contribution in [0.4, 0.5) is 0 Å². The second-order valence-corrected chi connectivity index (χ2v) is 7.77. The van der Waals surface area contributed by atoms with Gasteiger partial charge < -0.3 is 14.2 Å². The third-order valence-corrected chi connectivity index (χ3v) is 5.44. The average molecular weight is 315 g/mol. The zero-order chi connectivity index (χ0) is 17.0. The molecule has 1 saturated carbocycles. The molecule has 0 bridgehead atoms. The minimum atomic E-state index is -0.508. The van der Waals surface area contributed by atoms with Gasteiger partial charge in [-0.25, -0.2) is 0 Å². The number of carbonyl (C=O) groups is 1. The lowest BCUT2D eigenvalue weighted by molar-refractivity contribution is 0.00578. The zero-order valence-electron chi connectivity index (χ0n) is 15.0. The SMILES string of the molecule is Cc1cccc(B2OC(C)(C)C(C)(C)O2)c1C(=O)N(C)C1CC1. The molecule has 1 heterocycles. The summed E-state index contributed by atoms with van der Waals surface area (Å²) >= 11 is 0. The highest BCUT2D eigenvalue weighted by molar-refractivity contribution is 6.63. The highest BCUT2D eigenvalue weighted by atomic mass is 16.7. The molecule has 0 radical (unpaired) electrons. The molecule has 5 heteroatoms. The Morgan fingerprint density at radius 2 is 1.74 bits per heavy atom. The lowest BCUT2D eigenvalue weighted by Crippen LogP contribution is -2.42. The van der Waals surface area contributed by atoms with Crippen LogP contribution in [0.3, 0.4) is 0 Å². The van der Waals surface area contributed by atoms with Crippen LogP contribution in [-0.4, -0.2) is 42.2 Å². The predicted molar refractivity (Wildman–Crippen MR) is 92.0 cm³/mol. The lowest BCUT2D eigenvalue weighted by atomic mass is 9.74. The van der Waals surface area contributed by atoms with Crippen LogP contribution in [-0.2, 0) is 9.31 Å². The monoisotopic (exact) mass is 315 g/mol. The Kier molecular flexibility index (Phi) is 3.85. The van der Waals surface area contributed by atoms with E-state index in [-0.39, 0.29) is 5.91 Å². The number of nitrogens with zero attached hydrogens (tertiary/aromatic N) is 1. The van der Waals surface area contributed by atoms with Gasteiger partial charge in [-0.15, -0.1) is 0 Å². The van der Waals surface area contributed by atoms with Gasteiger partial charge in [0.05, 0.1) is 11.2 Å². The van der Waals surface area contributed by atoms with Crippen LogP contribution in [0.2, 0.25) is 0 Å². The fraction of sp³-hybridized carbons (Fsp3) is 0.611. The molecule has 1 amide bonds. The van der Waals surface area contributed by atoms with Crippen LogP contribution in [0.5, 0.6) is 0 Å². The van der Waals surface area contributed by atoms with Gasteiger partial charge in [0.2, 0.25) is 0 Å². The molecule has 2 fully saturated rings. The molecule has 23 heavy (non-hydrogen) atoms. The van der Waals surface area contributed by atoms with Crippen LogP contribution < -0.4 is 5.46 Å². The molecule has 1 aromatic rings. The van der Waals surface area contributed by atoms with E-state index >= 15 is 0 Å². The van der Waals surface area contributed by atoms with Crippen LogP contribution in [0.15, 0.2) is 18.2 Å². The third-order valence-electron chi connectivity index (χ3n) is 5.44. The van der Waals surface area contributed by atoms with Crippen molar-refractivity contribution in [2.24, 2.45) is 0 Å². The summed E-state index contributed by atoms with van der Waals surface area (Å²) in [6.45, 7) is 10.1. The second-order valence-electron chi connectivity index (χ2n) is 7.77. The van der Waals surface area contributed by atoms with Crippen molar-refractivity contribution in [3.63, 3.8) is 0 Å². The van der Waals surface area contributed by atoms with Crippen molar-refractivity contribution in [2.45, 2.75) is 64.7 Å². The van der Waals surface area contributed by atoms with Gasteiger partial charge in [0.25, 0.3) is 5.91 Å². The van der Waals surface area contributed by atoms with Gasteiger partial charge >= 0.3 is 7.12 Å². The quantitative estimate of drug-likeness (QED) is 0.805. The molecule has 1 aliphatic heterocycles. The van der Waals surface area contributed by atoms with Crippen LogP contribution in [0, 0.1) is 6.92 Å².